The molecule has 0 unspecified atom stereocenters. The Morgan fingerprint density at radius 2 is 2.11 bits per heavy atom. The van der Waals surface area contributed by atoms with Crippen LogP contribution in [0.25, 0.3) is 0 Å². The van der Waals surface area contributed by atoms with E-state index in [-0.39, 0.29) is 0 Å². The van der Waals surface area contributed by atoms with Gasteiger partial charge >= 0.3 is 0 Å². The molecule has 1 fully saturated rings. The summed E-state index contributed by atoms with van der Waals surface area (Å²) in [7, 11) is 1.73. The summed E-state index contributed by atoms with van der Waals surface area (Å²) >= 11 is 1.93. The molecule has 0 aliphatic heterocycles. The molecule has 3 heteroatoms. The summed E-state index contributed by atoms with van der Waals surface area (Å²) in [6, 6.07) is 9.18. The van der Waals surface area contributed by atoms with Gasteiger partial charge in [0.05, 0.1) is 7.11 Å². The Bertz CT molecular complexity index is 413. The number of rotatable bonds is 6. The van der Waals surface area contributed by atoms with Crippen LogP contribution < -0.4 is 10.1 Å². The third kappa shape index (κ3) is 3.90. The van der Waals surface area contributed by atoms with E-state index in [0.717, 1.165) is 12.3 Å². The Labute approximate surface area is 121 Å². The van der Waals surface area contributed by atoms with Crippen LogP contribution in [0.15, 0.2) is 24.3 Å². The summed E-state index contributed by atoms with van der Waals surface area (Å²) in [4.78, 5) is 0. The number of ether oxygens (including phenoxy) is 1. The van der Waals surface area contributed by atoms with Crippen molar-refractivity contribution in [2.75, 3.05) is 19.9 Å². The molecule has 0 bridgehead atoms. The first-order valence-electron chi connectivity index (χ1n) is 6.96. The lowest BCUT2D eigenvalue weighted by Crippen LogP contribution is -2.45. The number of thioether (sulfide) groups is 1. The molecule has 1 saturated carbocycles. The zero-order valence-electron chi connectivity index (χ0n) is 12.4. The molecule has 1 aliphatic carbocycles. The second-order valence-corrected chi connectivity index (χ2v) is 7.50. The predicted octanol–water partition coefficient (Wildman–Crippen LogP) is 3.67. The Morgan fingerprint density at radius 1 is 1.37 bits per heavy atom. The van der Waals surface area contributed by atoms with Gasteiger partial charge in [-0.25, -0.2) is 0 Å². The Morgan fingerprint density at radius 3 is 2.74 bits per heavy atom. The number of benzene rings is 1. The zero-order chi connectivity index (χ0) is 13.9. The smallest absolute Gasteiger partial charge is 0.119 e. The normalized spacial score (nSPS) is 22.9. The van der Waals surface area contributed by atoms with Crippen LogP contribution >= 0.6 is 11.8 Å². The molecule has 1 aromatic carbocycles. The molecule has 0 heterocycles. The first-order chi connectivity index (χ1) is 9.04. The highest BCUT2D eigenvalue weighted by atomic mass is 32.2. The van der Waals surface area contributed by atoms with Crippen molar-refractivity contribution >= 4 is 11.8 Å². The van der Waals surface area contributed by atoms with Gasteiger partial charge in [-0.15, -0.1) is 0 Å². The predicted molar refractivity (Wildman–Crippen MR) is 84.4 cm³/mol. The molecule has 0 atom stereocenters. The van der Waals surface area contributed by atoms with E-state index < -0.39 is 0 Å². The molecule has 0 radical (unpaired) electrons. The van der Waals surface area contributed by atoms with Gasteiger partial charge in [0.2, 0.25) is 0 Å². The lowest BCUT2D eigenvalue weighted by Gasteiger charge is -2.38. The van der Waals surface area contributed by atoms with Crippen LogP contribution in [0.1, 0.15) is 38.2 Å². The van der Waals surface area contributed by atoms with Gasteiger partial charge < -0.3 is 10.1 Å². The Kier molecular flexibility index (Phi) is 4.80. The van der Waals surface area contributed by atoms with Crippen molar-refractivity contribution in [1.82, 2.24) is 5.32 Å². The highest BCUT2D eigenvalue weighted by molar-refractivity contribution is 7.99. The van der Waals surface area contributed by atoms with Gasteiger partial charge in [0.15, 0.2) is 0 Å². The second-order valence-electron chi connectivity index (χ2n) is 5.99. The SMILES string of the molecule is COc1cccc(C2CC(NCC(C)(C)SC)C2)c1. The van der Waals surface area contributed by atoms with Gasteiger partial charge in [-0.05, 0) is 56.6 Å². The fraction of sp³-hybridized carbons (Fsp3) is 0.625. The minimum atomic E-state index is 0.334. The van der Waals surface area contributed by atoms with Crippen molar-refractivity contribution < 1.29 is 4.74 Å². The third-order valence-electron chi connectivity index (χ3n) is 4.07. The molecule has 2 nitrogen and oxygen atoms in total. The maximum Gasteiger partial charge on any atom is 0.119 e. The van der Waals surface area contributed by atoms with Crippen LogP contribution in [-0.2, 0) is 0 Å². The monoisotopic (exact) mass is 279 g/mol. The van der Waals surface area contributed by atoms with E-state index >= 15 is 0 Å². The zero-order valence-corrected chi connectivity index (χ0v) is 13.2. The fourth-order valence-corrected chi connectivity index (χ4v) is 2.64. The van der Waals surface area contributed by atoms with E-state index in [0.29, 0.717) is 16.7 Å². The van der Waals surface area contributed by atoms with Crippen molar-refractivity contribution in [2.45, 2.75) is 43.4 Å². The van der Waals surface area contributed by atoms with E-state index in [1.807, 2.05) is 17.8 Å². The molecule has 19 heavy (non-hydrogen) atoms. The van der Waals surface area contributed by atoms with Crippen molar-refractivity contribution in [3.8, 4) is 5.75 Å². The van der Waals surface area contributed by atoms with Crippen LogP contribution in [0.4, 0.5) is 0 Å². The summed E-state index contributed by atoms with van der Waals surface area (Å²) < 4.78 is 5.62. The largest absolute Gasteiger partial charge is 0.497 e. The van der Waals surface area contributed by atoms with Crippen LogP contribution in [0, 0.1) is 0 Å². The summed E-state index contributed by atoms with van der Waals surface area (Å²) in [5.41, 5.74) is 1.42. The van der Waals surface area contributed by atoms with Gasteiger partial charge in [0, 0.05) is 17.3 Å². The first-order valence-corrected chi connectivity index (χ1v) is 8.19. The Hall–Kier alpha value is -0.670. The maximum atomic E-state index is 5.29. The standard InChI is InChI=1S/C16H25NOS/c1-16(2,19-4)11-17-14-8-13(9-14)12-6-5-7-15(10-12)18-3/h5-7,10,13-14,17H,8-9,11H2,1-4H3. The number of hydrogen-bond donors (Lipinski definition) is 1. The summed E-state index contributed by atoms with van der Waals surface area (Å²) in [5.74, 6) is 1.67. The molecule has 1 N–H and O–H groups in total. The minimum absolute atomic E-state index is 0.334. The van der Waals surface area contributed by atoms with Crippen LogP contribution in [0.2, 0.25) is 0 Å². The average molecular weight is 279 g/mol. The van der Waals surface area contributed by atoms with Crippen molar-refractivity contribution in [2.24, 2.45) is 0 Å². The first kappa shape index (κ1) is 14.7. The minimum Gasteiger partial charge on any atom is -0.497 e. The summed E-state index contributed by atoms with van der Waals surface area (Å²) in [6.45, 7) is 5.68. The van der Waals surface area contributed by atoms with E-state index in [9.17, 15) is 0 Å². The van der Waals surface area contributed by atoms with Gasteiger partial charge in [-0.1, -0.05) is 12.1 Å². The van der Waals surface area contributed by atoms with Crippen LogP contribution in [0.5, 0.6) is 5.75 Å². The number of nitrogens with one attached hydrogen (secondary N) is 1. The van der Waals surface area contributed by atoms with Crippen molar-refractivity contribution in [3.05, 3.63) is 29.8 Å². The van der Waals surface area contributed by atoms with Crippen LogP contribution in [-0.4, -0.2) is 30.7 Å². The lowest BCUT2D eigenvalue weighted by atomic mass is 9.75. The molecule has 1 aromatic rings. The molecule has 0 amide bonds. The number of hydrogen-bond acceptors (Lipinski definition) is 3. The molecule has 1 aliphatic rings. The van der Waals surface area contributed by atoms with Gasteiger partial charge in [-0.3, -0.25) is 0 Å². The molecule has 2 rings (SSSR count). The molecule has 0 spiro atoms. The average Bonchev–Trinajstić information content (AvgIpc) is 2.37. The molecular formula is C16H25NOS. The van der Waals surface area contributed by atoms with Crippen molar-refractivity contribution in [1.29, 1.82) is 0 Å². The highest BCUT2D eigenvalue weighted by Crippen LogP contribution is 2.38. The van der Waals surface area contributed by atoms with E-state index in [2.05, 4.69) is 43.6 Å². The molecule has 106 valence electrons. The molecular weight excluding hydrogens is 254 g/mol. The van der Waals surface area contributed by atoms with Gasteiger partial charge in [0.25, 0.3) is 0 Å². The van der Waals surface area contributed by atoms with E-state index in [1.54, 1.807) is 7.11 Å². The summed E-state index contributed by atoms with van der Waals surface area (Å²) in [5, 5.41) is 3.69. The number of methoxy groups -OCH3 is 1. The van der Waals surface area contributed by atoms with Gasteiger partial charge in [0.1, 0.15) is 5.75 Å². The topological polar surface area (TPSA) is 21.3 Å². The quantitative estimate of drug-likeness (QED) is 0.858. The van der Waals surface area contributed by atoms with E-state index in [1.165, 1.54) is 18.4 Å². The highest BCUT2D eigenvalue weighted by Gasteiger charge is 2.31. The maximum absolute atomic E-state index is 5.29. The summed E-state index contributed by atoms with van der Waals surface area (Å²) in [6.07, 6.45) is 4.68. The van der Waals surface area contributed by atoms with Gasteiger partial charge in [-0.2, -0.15) is 11.8 Å². The van der Waals surface area contributed by atoms with Crippen LogP contribution in [0.3, 0.4) is 0 Å². The molecule has 0 aromatic heterocycles. The van der Waals surface area contributed by atoms with Crippen molar-refractivity contribution in [3.63, 3.8) is 0 Å². The lowest BCUT2D eigenvalue weighted by molar-refractivity contribution is 0.285. The second kappa shape index (κ2) is 6.19. The van der Waals surface area contributed by atoms with E-state index in [4.69, 9.17) is 4.74 Å². The fourth-order valence-electron chi connectivity index (χ4n) is 2.41. The molecule has 0 saturated heterocycles. The third-order valence-corrected chi connectivity index (χ3v) is 5.32. The Balaban J connectivity index is 1.79.